The van der Waals surface area contributed by atoms with Crippen LogP contribution in [-0.2, 0) is 22.7 Å². The number of hydrogen-bond acceptors (Lipinski definition) is 4. The van der Waals surface area contributed by atoms with Gasteiger partial charge in [-0.3, -0.25) is 24.6 Å². The maximum atomic E-state index is 13.9. The molecule has 1 atom stereocenters. The number of nitrogens with zero attached hydrogens (tertiary/aromatic N) is 1. The minimum atomic E-state index is -0.887. The van der Waals surface area contributed by atoms with Crippen LogP contribution in [0.5, 0.6) is 0 Å². The minimum Gasteiger partial charge on any atom is -0.308 e. The zero-order chi connectivity index (χ0) is 22.4. The summed E-state index contributed by atoms with van der Waals surface area (Å²) in [5, 5.41) is 7.03. The first-order valence-corrected chi connectivity index (χ1v) is 10.3. The van der Waals surface area contributed by atoms with Gasteiger partial charge in [0.05, 0.1) is 5.69 Å². The van der Waals surface area contributed by atoms with Crippen molar-refractivity contribution in [3.05, 3.63) is 76.9 Å². The molecule has 3 aromatic carbocycles. The molecule has 1 saturated heterocycles. The van der Waals surface area contributed by atoms with Crippen LogP contribution in [0.1, 0.15) is 34.3 Å². The third-order valence-corrected chi connectivity index (χ3v) is 6.00. The van der Waals surface area contributed by atoms with E-state index in [2.05, 4.69) is 10.6 Å². The fourth-order valence-electron chi connectivity index (χ4n) is 4.47. The number of halogens is 2. The lowest BCUT2D eigenvalue weighted by Crippen LogP contribution is -2.53. The van der Waals surface area contributed by atoms with Gasteiger partial charge in [-0.25, -0.2) is 8.78 Å². The predicted octanol–water partition coefficient (Wildman–Crippen LogP) is 3.17. The first-order valence-electron chi connectivity index (χ1n) is 10.3. The van der Waals surface area contributed by atoms with E-state index in [9.17, 15) is 23.2 Å². The summed E-state index contributed by atoms with van der Waals surface area (Å²) in [5.41, 5.74) is 2.26. The monoisotopic (exact) mass is 435 g/mol. The zero-order valence-corrected chi connectivity index (χ0v) is 17.0. The van der Waals surface area contributed by atoms with E-state index in [0.717, 1.165) is 22.4 Å². The van der Waals surface area contributed by atoms with Crippen LogP contribution in [0.4, 0.5) is 14.5 Å². The normalized spacial score (nSPS) is 17.9. The van der Waals surface area contributed by atoms with E-state index in [1.807, 2.05) is 18.2 Å². The molecule has 0 saturated carbocycles. The highest BCUT2D eigenvalue weighted by atomic mass is 19.2. The van der Waals surface area contributed by atoms with Gasteiger partial charge in [0, 0.05) is 36.0 Å². The second-order valence-electron chi connectivity index (χ2n) is 7.93. The van der Waals surface area contributed by atoms with Gasteiger partial charge in [0.1, 0.15) is 6.04 Å². The maximum absolute atomic E-state index is 13.9. The summed E-state index contributed by atoms with van der Waals surface area (Å²) in [7, 11) is 0. The summed E-state index contributed by atoms with van der Waals surface area (Å²) in [6.45, 7) is 0.524. The van der Waals surface area contributed by atoms with Crippen molar-refractivity contribution in [2.24, 2.45) is 0 Å². The average molecular weight is 435 g/mol. The number of carbonyl (C=O) groups excluding carboxylic acids is 3. The number of carbonyl (C=O) groups is 3. The highest BCUT2D eigenvalue weighted by Crippen LogP contribution is 2.40. The molecule has 2 N–H and O–H groups in total. The van der Waals surface area contributed by atoms with Crippen LogP contribution in [0.3, 0.4) is 0 Å². The first-order chi connectivity index (χ1) is 15.5. The molecule has 0 radical (unpaired) electrons. The summed E-state index contributed by atoms with van der Waals surface area (Å²) in [4.78, 5) is 38.6. The van der Waals surface area contributed by atoms with Crippen LogP contribution in [0.15, 0.2) is 48.5 Å². The summed E-state index contributed by atoms with van der Waals surface area (Å²) in [5.74, 6) is -2.84. The van der Waals surface area contributed by atoms with Gasteiger partial charge in [0.25, 0.3) is 5.91 Å². The number of benzene rings is 3. The van der Waals surface area contributed by atoms with E-state index in [0.29, 0.717) is 17.8 Å². The van der Waals surface area contributed by atoms with Crippen LogP contribution in [0, 0.1) is 11.6 Å². The standard InChI is InChI=1S/C24H19F2N3O3/c25-17-5-1-3-14(22(17)26)12-27-11-13-7-8-16-21-15(13)4-2-6-18(21)29(24(16)32)19-9-10-20(30)28-23(19)31/h1-8,19,27H,9-12H2,(H,28,30,31). The molecule has 0 bridgehead atoms. The topological polar surface area (TPSA) is 78.5 Å². The smallest absolute Gasteiger partial charge is 0.259 e. The van der Waals surface area contributed by atoms with Gasteiger partial charge in [-0.15, -0.1) is 0 Å². The lowest BCUT2D eigenvalue weighted by molar-refractivity contribution is -0.134. The number of anilines is 1. The fourth-order valence-corrected chi connectivity index (χ4v) is 4.47. The Morgan fingerprint density at radius 1 is 0.969 bits per heavy atom. The predicted molar refractivity (Wildman–Crippen MR) is 114 cm³/mol. The van der Waals surface area contributed by atoms with E-state index in [1.54, 1.807) is 12.1 Å². The van der Waals surface area contributed by atoms with Gasteiger partial charge in [0.2, 0.25) is 11.8 Å². The zero-order valence-electron chi connectivity index (χ0n) is 17.0. The van der Waals surface area contributed by atoms with Crippen LogP contribution < -0.4 is 15.5 Å². The Labute approximate surface area is 182 Å². The molecule has 1 fully saturated rings. The molecule has 32 heavy (non-hydrogen) atoms. The van der Waals surface area contributed by atoms with E-state index in [1.165, 1.54) is 17.0 Å². The third kappa shape index (κ3) is 3.23. The summed E-state index contributed by atoms with van der Waals surface area (Å²) < 4.78 is 27.3. The number of imide groups is 1. The van der Waals surface area contributed by atoms with Crippen molar-refractivity contribution >= 4 is 34.2 Å². The Bertz CT molecular complexity index is 1290. The molecule has 2 aliphatic heterocycles. The minimum absolute atomic E-state index is 0.147. The van der Waals surface area contributed by atoms with Crippen molar-refractivity contribution in [2.45, 2.75) is 32.0 Å². The fraction of sp³-hybridized carbons (Fsp3) is 0.208. The van der Waals surface area contributed by atoms with Crippen molar-refractivity contribution in [3.8, 4) is 0 Å². The van der Waals surface area contributed by atoms with E-state index in [4.69, 9.17) is 0 Å². The molecular formula is C24H19F2N3O3. The van der Waals surface area contributed by atoms with E-state index in [-0.39, 0.29) is 36.8 Å². The summed E-state index contributed by atoms with van der Waals surface area (Å²) >= 11 is 0. The largest absolute Gasteiger partial charge is 0.308 e. The lowest BCUT2D eigenvalue weighted by atomic mass is 10.00. The molecule has 8 heteroatoms. The Kier molecular flexibility index (Phi) is 4.94. The number of amides is 3. The highest BCUT2D eigenvalue weighted by Gasteiger charge is 2.40. The average Bonchev–Trinajstić information content (AvgIpc) is 3.06. The molecule has 6 nitrogen and oxygen atoms in total. The van der Waals surface area contributed by atoms with Gasteiger partial charge in [0.15, 0.2) is 11.6 Å². The Morgan fingerprint density at radius 2 is 1.75 bits per heavy atom. The number of nitrogens with one attached hydrogen (secondary N) is 2. The molecule has 0 aromatic heterocycles. The van der Waals surface area contributed by atoms with Gasteiger partial charge in [-0.1, -0.05) is 30.3 Å². The summed E-state index contributed by atoms with van der Waals surface area (Å²) in [6.07, 6.45) is 0.451. The molecule has 5 rings (SSSR count). The van der Waals surface area contributed by atoms with E-state index >= 15 is 0 Å². The number of piperidine rings is 1. The number of rotatable bonds is 5. The van der Waals surface area contributed by atoms with Crippen LogP contribution >= 0.6 is 0 Å². The third-order valence-electron chi connectivity index (χ3n) is 6.00. The SMILES string of the molecule is O=C1CCC(N2C(=O)c3ccc(CNCc4cccc(F)c4F)c4cccc2c34)C(=O)N1. The van der Waals surface area contributed by atoms with Crippen molar-refractivity contribution in [1.82, 2.24) is 10.6 Å². The molecule has 162 valence electrons. The first kappa shape index (κ1) is 20.3. The van der Waals surface area contributed by atoms with Gasteiger partial charge in [-0.2, -0.15) is 0 Å². The second kappa shape index (κ2) is 7.80. The van der Waals surface area contributed by atoms with Gasteiger partial charge in [-0.05, 0) is 35.6 Å². The van der Waals surface area contributed by atoms with E-state index < -0.39 is 23.6 Å². The highest BCUT2D eigenvalue weighted by molar-refractivity contribution is 6.27. The lowest BCUT2D eigenvalue weighted by Gasteiger charge is -2.30. The summed E-state index contributed by atoms with van der Waals surface area (Å²) in [6, 6.07) is 12.4. The Morgan fingerprint density at radius 3 is 2.56 bits per heavy atom. The molecule has 0 spiro atoms. The molecule has 0 aliphatic carbocycles. The van der Waals surface area contributed by atoms with Crippen LogP contribution in [0.25, 0.3) is 10.8 Å². The van der Waals surface area contributed by atoms with Crippen molar-refractivity contribution < 1.29 is 23.2 Å². The van der Waals surface area contributed by atoms with Crippen molar-refractivity contribution in [1.29, 1.82) is 0 Å². The maximum Gasteiger partial charge on any atom is 0.259 e. The molecule has 3 amide bonds. The number of hydrogen-bond donors (Lipinski definition) is 2. The van der Waals surface area contributed by atoms with Crippen LogP contribution in [0.2, 0.25) is 0 Å². The second-order valence-corrected chi connectivity index (χ2v) is 7.93. The van der Waals surface area contributed by atoms with Crippen molar-refractivity contribution in [3.63, 3.8) is 0 Å². The Hall–Kier alpha value is -3.65. The van der Waals surface area contributed by atoms with Crippen molar-refractivity contribution in [2.75, 3.05) is 4.90 Å². The van der Waals surface area contributed by atoms with Crippen LogP contribution in [-0.4, -0.2) is 23.8 Å². The molecule has 2 heterocycles. The Balaban J connectivity index is 1.44. The molecule has 1 unspecified atom stereocenters. The van der Waals surface area contributed by atoms with Gasteiger partial charge < -0.3 is 5.32 Å². The quantitative estimate of drug-likeness (QED) is 0.604. The molecule has 3 aromatic rings. The van der Waals surface area contributed by atoms with Gasteiger partial charge >= 0.3 is 0 Å². The molecule has 2 aliphatic rings. The molecular weight excluding hydrogens is 416 g/mol.